The summed E-state index contributed by atoms with van der Waals surface area (Å²) in [6.07, 6.45) is 5.02. The lowest BCUT2D eigenvalue weighted by Gasteiger charge is -2.31. The Labute approximate surface area is 122 Å². The molecule has 1 aromatic heterocycles. The minimum Gasteiger partial charge on any atom is -0.358 e. The van der Waals surface area contributed by atoms with E-state index in [0.29, 0.717) is 5.92 Å². The SMILES string of the molecule is CC1=CC[C@@H](C(C)C)C[C@@H]1c1c(C)[nH]c2ccccc12. The van der Waals surface area contributed by atoms with Gasteiger partial charge < -0.3 is 4.98 Å². The van der Waals surface area contributed by atoms with Crippen molar-refractivity contribution in [1.82, 2.24) is 4.98 Å². The zero-order chi connectivity index (χ0) is 14.3. The molecule has 0 spiro atoms. The largest absolute Gasteiger partial charge is 0.358 e. The molecule has 106 valence electrons. The minimum atomic E-state index is 0.590. The first-order valence-electron chi connectivity index (χ1n) is 7.81. The molecule has 1 aromatic carbocycles. The van der Waals surface area contributed by atoms with Crippen molar-refractivity contribution in [1.29, 1.82) is 0 Å². The van der Waals surface area contributed by atoms with Gasteiger partial charge in [0.05, 0.1) is 0 Å². The van der Waals surface area contributed by atoms with Crippen molar-refractivity contribution in [2.45, 2.75) is 46.5 Å². The number of H-pyrrole nitrogens is 1. The number of aromatic amines is 1. The molecule has 1 heteroatoms. The van der Waals surface area contributed by atoms with E-state index in [9.17, 15) is 0 Å². The first kappa shape index (κ1) is 13.5. The predicted molar refractivity (Wildman–Crippen MR) is 87.1 cm³/mol. The van der Waals surface area contributed by atoms with Crippen LogP contribution in [0.2, 0.25) is 0 Å². The number of aryl methyl sites for hydroxylation is 1. The van der Waals surface area contributed by atoms with E-state index in [4.69, 9.17) is 0 Å². The van der Waals surface area contributed by atoms with Gasteiger partial charge in [0, 0.05) is 22.5 Å². The van der Waals surface area contributed by atoms with E-state index in [-0.39, 0.29) is 0 Å². The Morgan fingerprint density at radius 3 is 2.65 bits per heavy atom. The number of benzene rings is 1. The van der Waals surface area contributed by atoms with Crippen LogP contribution >= 0.6 is 0 Å². The summed E-state index contributed by atoms with van der Waals surface area (Å²) in [4.78, 5) is 3.56. The van der Waals surface area contributed by atoms with E-state index >= 15 is 0 Å². The molecule has 1 nitrogen and oxygen atoms in total. The molecule has 0 bridgehead atoms. The molecule has 0 aliphatic heterocycles. The Morgan fingerprint density at radius 2 is 1.90 bits per heavy atom. The van der Waals surface area contributed by atoms with Crippen molar-refractivity contribution in [3.05, 3.63) is 47.2 Å². The minimum absolute atomic E-state index is 0.590. The number of rotatable bonds is 2. The Hall–Kier alpha value is -1.50. The summed E-state index contributed by atoms with van der Waals surface area (Å²) in [5.41, 5.74) is 5.70. The van der Waals surface area contributed by atoms with Gasteiger partial charge in [0.25, 0.3) is 0 Å². The summed E-state index contributed by atoms with van der Waals surface area (Å²) in [6.45, 7) is 9.25. The zero-order valence-electron chi connectivity index (χ0n) is 13.0. The van der Waals surface area contributed by atoms with Gasteiger partial charge in [-0.1, -0.05) is 43.7 Å². The number of nitrogens with one attached hydrogen (secondary N) is 1. The number of hydrogen-bond donors (Lipinski definition) is 1. The second-order valence-electron chi connectivity index (χ2n) is 6.69. The molecule has 0 saturated heterocycles. The second-order valence-corrected chi connectivity index (χ2v) is 6.69. The van der Waals surface area contributed by atoms with E-state index in [1.54, 1.807) is 5.57 Å². The fourth-order valence-corrected chi connectivity index (χ4v) is 3.70. The van der Waals surface area contributed by atoms with Gasteiger partial charge in [-0.15, -0.1) is 0 Å². The summed E-state index contributed by atoms with van der Waals surface area (Å²) in [7, 11) is 0. The van der Waals surface area contributed by atoms with Crippen molar-refractivity contribution >= 4 is 10.9 Å². The van der Waals surface area contributed by atoms with Gasteiger partial charge in [-0.2, -0.15) is 0 Å². The first-order chi connectivity index (χ1) is 9.58. The molecule has 1 aliphatic carbocycles. The molecule has 0 saturated carbocycles. The number of para-hydroxylation sites is 1. The van der Waals surface area contributed by atoms with E-state index in [0.717, 1.165) is 11.8 Å². The van der Waals surface area contributed by atoms with E-state index in [2.05, 4.69) is 63.0 Å². The number of aromatic nitrogens is 1. The zero-order valence-corrected chi connectivity index (χ0v) is 13.0. The highest BCUT2D eigenvalue weighted by atomic mass is 14.7. The molecule has 3 rings (SSSR count). The molecule has 20 heavy (non-hydrogen) atoms. The third-order valence-corrected chi connectivity index (χ3v) is 5.07. The molecule has 1 heterocycles. The van der Waals surface area contributed by atoms with Crippen molar-refractivity contribution < 1.29 is 0 Å². The van der Waals surface area contributed by atoms with Gasteiger partial charge in [0.15, 0.2) is 0 Å². The standard InChI is InChI=1S/C19H25N/c1-12(2)15-10-9-13(3)17(11-15)19-14(4)20-18-8-6-5-7-16(18)19/h5-9,12,15,17,20H,10-11H2,1-4H3/t15-,17+/m1/s1. The van der Waals surface area contributed by atoms with Gasteiger partial charge >= 0.3 is 0 Å². The molecule has 2 atom stereocenters. The lowest BCUT2D eigenvalue weighted by Crippen LogP contribution is -2.18. The molecule has 1 aliphatic rings. The van der Waals surface area contributed by atoms with Gasteiger partial charge in [-0.3, -0.25) is 0 Å². The van der Waals surface area contributed by atoms with Crippen LogP contribution in [0.3, 0.4) is 0 Å². The van der Waals surface area contributed by atoms with Gasteiger partial charge in [-0.05, 0) is 50.2 Å². The average molecular weight is 267 g/mol. The summed E-state index contributed by atoms with van der Waals surface area (Å²) >= 11 is 0. The highest BCUT2D eigenvalue weighted by molar-refractivity contribution is 5.85. The third kappa shape index (κ3) is 2.19. The summed E-state index contributed by atoms with van der Waals surface area (Å²) in [5.74, 6) is 2.18. The first-order valence-corrected chi connectivity index (χ1v) is 7.81. The van der Waals surface area contributed by atoms with Gasteiger partial charge in [0.2, 0.25) is 0 Å². The van der Waals surface area contributed by atoms with Crippen LogP contribution in [0, 0.1) is 18.8 Å². The smallest absolute Gasteiger partial charge is 0.0459 e. The maximum absolute atomic E-state index is 3.56. The number of allylic oxidation sites excluding steroid dienone is 2. The maximum atomic E-state index is 3.56. The molecular formula is C19H25N. The Bertz CT molecular complexity index is 645. The van der Waals surface area contributed by atoms with E-state index in [1.165, 1.54) is 35.0 Å². The molecule has 0 fully saturated rings. The van der Waals surface area contributed by atoms with Gasteiger partial charge in [0.1, 0.15) is 0 Å². The van der Waals surface area contributed by atoms with Crippen LogP contribution in [0.15, 0.2) is 35.9 Å². The highest BCUT2D eigenvalue weighted by Gasteiger charge is 2.28. The van der Waals surface area contributed by atoms with E-state index in [1.807, 2.05) is 0 Å². The summed E-state index contributed by atoms with van der Waals surface area (Å²) < 4.78 is 0. The topological polar surface area (TPSA) is 15.8 Å². The highest BCUT2D eigenvalue weighted by Crippen LogP contribution is 2.43. The van der Waals surface area contributed by atoms with Crippen molar-refractivity contribution in [2.75, 3.05) is 0 Å². The van der Waals surface area contributed by atoms with Crippen molar-refractivity contribution in [3.63, 3.8) is 0 Å². The Morgan fingerprint density at radius 1 is 1.15 bits per heavy atom. The predicted octanol–water partition coefficient (Wildman–Crippen LogP) is 5.57. The van der Waals surface area contributed by atoms with Crippen LogP contribution < -0.4 is 0 Å². The lowest BCUT2D eigenvalue weighted by molar-refractivity contribution is 0.332. The monoisotopic (exact) mass is 267 g/mol. The summed E-state index contributed by atoms with van der Waals surface area (Å²) in [5, 5.41) is 1.41. The second kappa shape index (κ2) is 5.12. The lowest BCUT2D eigenvalue weighted by atomic mass is 9.73. The quantitative estimate of drug-likeness (QED) is 0.684. The number of fused-ring (bicyclic) bond motifs is 1. The maximum Gasteiger partial charge on any atom is 0.0459 e. The van der Waals surface area contributed by atoms with Crippen LogP contribution in [-0.4, -0.2) is 4.98 Å². The van der Waals surface area contributed by atoms with Crippen LogP contribution in [-0.2, 0) is 0 Å². The average Bonchev–Trinajstić information content (AvgIpc) is 2.75. The van der Waals surface area contributed by atoms with Crippen LogP contribution in [0.5, 0.6) is 0 Å². The Kier molecular flexibility index (Phi) is 3.45. The number of hydrogen-bond acceptors (Lipinski definition) is 0. The normalized spacial score (nSPS) is 23.4. The fourth-order valence-electron chi connectivity index (χ4n) is 3.70. The van der Waals surface area contributed by atoms with E-state index < -0.39 is 0 Å². The molecular weight excluding hydrogens is 242 g/mol. The third-order valence-electron chi connectivity index (χ3n) is 5.07. The van der Waals surface area contributed by atoms with Gasteiger partial charge in [-0.25, -0.2) is 0 Å². The fraction of sp³-hybridized carbons (Fsp3) is 0.474. The van der Waals surface area contributed by atoms with Crippen LogP contribution in [0.4, 0.5) is 0 Å². The molecule has 2 aromatic rings. The summed E-state index contributed by atoms with van der Waals surface area (Å²) in [6, 6.07) is 8.72. The molecule has 1 N–H and O–H groups in total. The Balaban J connectivity index is 2.08. The molecule has 0 radical (unpaired) electrons. The van der Waals surface area contributed by atoms with Crippen LogP contribution in [0.25, 0.3) is 10.9 Å². The van der Waals surface area contributed by atoms with Crippen molar-refractivity contribution in [2.24, 2.45) is 11.8 Å². The molecule has 0 amide bonds. The van der Waals surface area contributed by atoms with Crippen LogP contribution in [0.1, 0.15) is 50.8 Å². The molecule has 0 unspecified atom stereocenters. The van der Waals surface area contributed by atoms with Crippen molar-refractivity contribution in [3.8, 4) is 0 Å².